The molecule has 1 aliphatic carbocycles. The molecule has 0 radical (unpaired) electrons. The van der Waals surface area contributed by atoms with Crippen LogP contribution in [0.25, 0.3) is 4.85 Å². The van der Waals surface area contributed by atoms with Crippen LogP contribution >= 0.6 is 0 Å². The largest absolute Gasteiger partial charge is 0.481 e. The fraction of sp³-hybridized carbons (Fsp3) is 0.804. The number of rotatable bonds is 32. The van der Waals surface area contributed by atoms with Crippen molar-refractivity contribution in [1.29, 1.82) is 0 Å². The van der Waals surface area contributed by atoms with E-state index >= 15 is 0 Å². The number of likely N-dealkylation sites (N-methyl/N-ethyl adjacent to an activating group) is 1. The summed E-state index contributed by atoms with van der Waals surface area (Å²) in [7, 11) is 1.99. The number of carbonyl (C=O) groups is 2. The number of unbranched alkanes of at least 4 members (excludes halogenated alkanes) is 14. The molecule has 62 heavy (non-hydrogen) atoms. The summed E-state index contributed by atoms with van der Waals surface area (Å²) in [5.41, 5.74) is 0. The number of Topliss-reactive ketones (excluding diaryl/α,β-unsaturated/α-hetero) is 1. The number of carbonyl (C=O) groups excluding carboxylic acids is 1. The minimum Gasteiger partial charge on any atom is -0.481 e. The Bertz CT molecular complexity index is 977. The van der Waals surface area contributed by atoms with Crippen LogP contribution in [0.3, 0.4) is 0 Å². The minimum atomic E-state index is -0.693. The lowest BCUT2D eigenvalue weighted by Gasteiger charge is -2.23. The number of hydrogen-bond acceptors (Lipinski definition) is 4. The van der Waals surface area contributed by atoms with Gasteiger partial charge in [-0.05, 0) is 117 Å². The highest BCUT2D eigenvalue weighted by molar-refractivity contribution is 5.81. The van der Waals surface area contributed by atoms with Gasteiger partial charge < -0.3 is 15.1 Å². The van der Waals surface area contributed by atoms with Gasteiger partial charge in [-0.25, -0.2) is 0 Å². The summed E-state index contributed by atoms with van der Waals surface area (Å²) in [5, 5.41) is 16.7. The Kier molecular flexibility index (Phi) is 80.5. The van der Waals surface area contributed by atoms with E-state index in [1.54, 1.807) is 0 Å². The molecule has 0 bridgehead atoms. The van der Waals surface area contributed by atoms with Crippen molar-refractivity contribution in [3.63, 3.8) is 0 Å². The summed E-state index contributed by atoms with van der Waals surface area (Å²) in [6, 6.07) is 0.270. The second-order valence-electron chi connectivity index (χ2n) is 15.7. The summed E-state index contributed by atoms with van der Waals surface area (Å²) in [6.07, 6.45) is 50.9. The first-order chi connectivity index (χ1) is 30.2. The van der Waals surface area contributed by atoms with Crippen LogP contribution in [0.2, 0.25) is 0 Å². The van der Waals surface area contributed by atoms with E-state index in [-0.39, 0.29) is 12.6 Å². The molecule has 6 nitrogen and oxygen atoms in total. The molecule has 0 aromatic rings. The highest BCUT2D eigenvalue weighted by atomic mass is 16.4. The number of nitrogens with zero attached hydrogens (tertiary/aromatic N) is 2. The summed E-state index contributed by atoms with van der Waals surface area (Å²) in [5.74, 6) is 0.274. The number of aliphatic hydroxyl groups excluding tert-OH is 1. The third kappa shape index (κ3) is 72.0. The van der Waals surface area contributed by atoms with Gasteiger partial charge in [-0.1, -0.05) is 174 Å². The van der Waals surface area contributed by atoms with Gasteiger partial charge in [-0.15, -0.1) is 0 Å². The number of allylic oxidation sites excluding steroid dienone is 8. The molecule has 1 saturated carbocycles. The molecule has 0 spiro atoms. The van der Waals surface area contributed by atoms with E-state index in [9.17, 15) is 9.59 Å². The molecule has 0 unspecified atom stereocenters. The van der Waals surface area contributed by atoms with Gasteiger partial charge in [0, 0.05) is 44.7 Å². The highest BCUT2D eigenvalue weighted by Gasteiger charge is 2.24. The normalized spacial score (nSPS) is 12.2. The predicted octanol–water partition coefficient (Wildman–Crippen LogP) is 17.8. The molecule has 0 aromatic carbocycles. The van der Waals surface area contributed by atoms with Gasteiger partial charge in [-0.2, -0.15) is 0 Å². The fourth-order valence-corrected chi connectivity index (χ4v) is 5.67. The van der Waals surface area contributed by atoms with Gasteiger partial charge in [0.1, 0.15) is 5.78 Å². The van der Waals surface area contributed by atoms with Crippen LogP contribution in [0.5, 0.6) is 0 Å². The molecule has 1 aliphatic rings. The van der Waals surface area contributed by atoms with Crippen molar-refractivity contribution in [1.82, 2.24) is 4.90 Å². The molecule has 1 fully saturated rings. The van der Waals surface area contributed by atoms with Gasteiger partial charge >= 0.3 is 5.97 Å². The third-order valence-corrected chi connectivity index (χ3v) is 9.99. The molecule has 0 aliphatic heterocycles. The van der Waals surface area contributed by atoms with Crippen LogP contribution in [-0.4, -0.2) is 59.7 Å². The van der Waals surface area contributed by atoms with Crippen LogP contribution in [0.4, 0.5) is 0 Å². The van der Waals surface area contributed by atoms with Crippen LogP contribution in [-0.2, 0) is 9.59 Å². The molecular weight excluding hydrogens is 765 g/mol. The van der Waals surface area contributed by atoms with E-state index < -0.39 is 5.97 Å². The van der Waals surface area contributed by atoms with Crippen molar-refractivity contribution in [3.05, 3.63) is 53.5 Å². The summed E-state index contributed by atoms with van der Waals surface area (Å²) >= 11 is 0. The SMILES string of the molecule is C#[N+][C@@H](CC)CCN(C)CCO.C/C=C\CC.CC.CC.CCCC/C=C\CCCCC.CCCCC(=O)O.CCCCC/C=C\CCCC/C=C\CCCCC(=O)C1CCC1. The summed E-state index contributed by atoms with van der Waals surface area (Å²) < 4.78 is 0. The molecule has 368 valence electrons. The zero-order valence-electron chi connectivity index (χ0n) is 43.9. The Morgan fingerprint density at radius 3 is 1.34 bits per heavy atom. The van der Waals surface area contributed by atoms with Gasteiger partial charge in [0.05, 0.1) is 6.61 Å². The van der Waals surface area contributed by atoms with E-state index in [2.05, 4.69) is 93.0 Å². The average Bonchev–Trinajstić information content (AvgIpc) is 3.26. The molecule has 0 aromatic heterocycles. The molecule has 0 heterocycles. The number of aliphatic hydroxyl groups is 1. The summed E-state index contributed by atoms with van der Waals surface area (Å²) in [6.45, 7) is 30.0. The standard InChI is InChI=1S/C22H38O.C11H22.C9H19N2O.C5H10O2.C5H10.2C2H6/c1-2-3-4-5-6-7-8-9-10-11-12-13-14-15-16-20-22(23)21-18-17-19-21;1-3-5-7-9-11-10-8-6-4-2;1-4-9(10-2)5-6-11(3)7-8-12;1-2-3-4-5(6)7;1-3-5-4-2;2*1-2/h6-7,12-13,21H,2-5,8-11,14-20H2,1H3;9,11H,3-8,10H2,1-2H3;2,9,12H,4-8H2,1,3H3;2-4H2,1H3,(H,6,7);3,5H,4H2,1-2H3;2*1-2H3/q;;+1;;;;/b7-6-,13-12-;11-9-;;;5-3-;;/t;;9-;;;;/m..0..../s1. The predicted molar refractivity (Wildman–Crippen MR) is 281 cm³/mol. The van der Waals surface area contributed by atoms with Crippen molar-refractivity contribution >= 4 is 11.8 Å². The monoisotopic (exact) mass is 876 g/mol. The maximum absolute atomic E-state index is 11.7. The first-order valence-electron chi connectivity index (χ1n) is 26.2. The Morgan fingerprint density at radius 1 is 0.629 bits per heavy atom. The van der Waals surface area contributed by atoms with Crippen molar-refractivity contribution in [2.45, 2.75) is 262 Å². The maximum atomic E-state index is 11.7. The second kappa shape index (κ2) is 70.2. The third-order valence-electron chi connectivity index (χ3n) is 9.99. The highest BCUT2D eigenvalue weighted by Crippen LogP contribution is 2.28. The number of ketones is 1. The smallest absolute Gasteiger partial charge is 0.303 e. The second-order valence-corrected chi connectivity index (χ2v) is 15.7. The van der Waals surface area contributed by atoms with E-state index in [1.165, 1.54) is 109 Å². The average molecular weight is 877 g/mol. The van der Waals surface area contributed by atoms with Gasteiger partial charge in [0.15, 0.2) is 0 Å². The van der Waals surface area contributed by atoms with Crippen LogP contribution in [0.15, 0.2) is 48.6 Å². The zero-order chi connectivity index (χ0) is 48.2. The Labute approximate surface area is 389 Å². The lowest BCUT2D eigenvalue weighted by atomic mass is 9.81. The Morgan fingerprint density at radius 2 is 1.05 bits per heavy atom. The molecule has 0 saturated heterocycles. The Balaban J connectivity index is -0.000000171. The van der Waals surface area contributed by atoms with Gasteiger partial charge in [-0.3, -0.25) is 9.59 Å². The quantitative estimate of drug-likeness (QED) is 0.0520. The lowest BCUT2D eigenvalue weighted by Crippen LogP contribution is -2.25. The van der Waals surface area contributed by atoms with Crippen molar-refractivity contribution in [3.8, 4) is 6.57 Å². The van der Waals surface area contributed by atoms with Crippen LogP contribution < -0.4 is 0 Å². The molecule has 0 amide bonds. The lowest BCUT2D eigenvalue weighted by molar-refractivity contribution is -0.137. The van der Waals surface area contributed by atoms with Crippen molar-refractivity contribution in [2.24, 2.45) is 5.92 Å². The number of carboxylic acids is 1. The van der Waals surface area contributed by atoms with Crippen molar-refractivity contribution in [2.75, 3.05) is 26.7 Å². The summed E-state index contributed by atoms with van der Waals surface area (Å²) in [4.78, 5) is 27.3. The topological polar surface area (TPSA) is 82.2 Å². The molecule has 1 atom stereocenters. The van der Waals surface area contributed by atoms with E-state index in [0.717, 1.165) is 77.3 Å². The maximum Gasteiger partial charge on any atom is 0.303 e. The van der Waals surface area contributed by atoms with Gasteiger partial charge in [0.25, 0.3) is 12.6 Å². The van der Waals surface area contributed by atoms with E-state index in [4.69, 9.17) is 16.8 Å². The number of carboxylic acid groups (broad SMARTS) is 1. The fourth-order valence-electron chi connectivity index (χ4n) is 5.67. The minimum absolute atomic E-state index is 0.215. The van der Waals surface area contributed by atoms with E-state index in [1.807, 2.05) is 48.6 Å². The van der Waals surface area contributed by atoms with Crippen LogP contribution in [0, 0.1) is 12.5 Å². The first kappa shape index (κ1) is 71.2. The molecule has 1 rings (SSSR count). The first-order valence-corrected chi connectivity index (χ1v) is 26.2. The van der Waals surface area contributed by atoms with E-state index in [0.29, 0.717) is 18.1 Å². The number of aliphatic carboxylic acids is 1. The zero-order valence-corrected chi connectivity index (χ0v) is 43.9. The Hall–Kier alpha value is -2.49. The van der Waals surface area contributed by atoms with Gasteiger partial charge in [0.2, 0.25) is 0 Å². The molecular formula is C56H111N2O4+. The number of hydrogen-bond donors (Lipinski definition) is 2. The molecule has 6 heteroatoms. The van der Waals surface area contributed by atoms with Crippen LogP contribution in [0.1, 0.15) is 256 Å². The van der Waals surface area contributed by atoms with Crippen molar-refractivity contribution < 1.29 is 19.8 Å². The molecule has 2 N–H and O–H groups in total.